The van der Waals surface area contributed by atoms with Crippen molar-refractivity contribution in [2.24, 2.45) is 0 Å². The third-order valence-electron chi connectivity index (χ3n) is 4.00. The van der Waals surface area contributed by atoms with E-state index >= 15 is 0 Å². The maximum atomic E-state index is 6.05. The molecule has 0 radical (unpaired) electrons. The van der Waals surface area contributed by atoms with Gasteiger partial charge in [-0.2, -0.15) is 0 Å². The summed E-state index contributed by atoms with van der Waals surface area (Å²) in [7, 11) is 0. The fraction of sp³-hybridized carbons (Fsp3) is 0.158. The van der Waals surface area contributed by atoms with Gasteiger partial charge in [-0.3, -0.25) is 4.90 Å². The van der Waals surface area contributed by atoms with Crippen LogP contribution in [0.2, 0.25) is 0 Å². The molecule has 1 aliphatic heterocycles. The lowest BCUT2D eigenvalue weighted by Crippen LogP contribution is -2.31. The van der Waals surface area contributed by atoms with Crippen LogP contribution in [0.4, 0.5) is 0 Å². The molecule has 0 fully saturated rings. The van der Waals surface area contributed by atoms with Gasteiger partial charge in [0.15, 0.2) is 0 Å². The lowest BCUT2D eigenvalue weighted by Gasteiger charge is -2.29. The average molecular weight is 275 g/mol. The van der Waals surface area contributed by atoms with Crippen LogP contribution in [0, 0.1) is 0 Å². The molecular formula is C19H17NO. The quantitative estimate of drug-likeness (QED) is 0.695. The van der Waals surface area contributed by atoms with Crippen molar-refractivity contribution in [3.63, 3.8) is 0 Å². The fourth-order valence-corrected chi connectivity index (χ4v) is 2.97. The van der Waals surface area contributed by atoms with Crippen molar-refractivity contribution in [2.75, 3.05) is 6.73 Å². The Balaban J connectivity index is 1.62. The van der Waals surface area contributed by atoms with Gasteiger partial charge in [0, 0.05) is 24.0 Å². The van der Waals surface area contributed by atoms with E-state index in [1.165, 1.54) is 21.9 Å². The first-order chi connectivity index (χ1) is 10.4. The highest BCUT2D eigenvalue weighted by Gasteiger charge is 2.19. The maximum absolute atomic E-state index is 6.05. The Kier molecular flexibility index (Phi) is 3.09. The normalized spacial score (nSPS) is 14.7. The zero-order valence-electron chi connectivity index (χ0n) is 11.8. The first kappa shape index (κ1) is 12.4. The van der Waals surface area contributed by atoms with Gasteiger partial charge in [0.25, 0.3) is 0 Å². The highest BCUT2D eigenvalue weighted by atomic mass is 16.5. The van der Waals surface area contributed by atoms with Gasteiger partial charge in [0.2, 0.25) is 0 Å². The summed E-state index contributed by atoms with van der Waals surface area (Å²) in [6.45, 7) is 2.51. The molecule has 0 aromatic heterocycles. The van der Waals surface area contributed by atoms with E-state index in [9.17, 15) is 0 Å². The van der Waals surface area contributed by atoms with Gasteiger partial charge in [-0.15, -0.1) is 0 Å². The van der Waals surface area contributed by atoms with E-state index in [1.807, 2.05) is 0 Å². The lowest BCUT2D eigenvalue weighted by molar-refractivity contribution is 0.0904. The van der Waals surface area contributed by atoms with Crippen molar-refractivity contribution in [3.8, 4) is 5.75 Å². The molecule has 1 aliphatic rings. The van der Waals surface area contributed by atoms with Crippen LogP contribution >= 0.6 is 0 Å². The number of hydrogen-bond donors (Lipinski definition) is 0. The first-order valence-corrected chi connectivity index (χ1v) is 7.30. The van der Waals surface area contributed by atoms with Crippen molar-refractivity contribution in [2.45, 2.75) is 13.1 Å². The van der Waals surface area contributed by atoms with Crippen LogP contribution in [0.5, 0.6) is 5.75 Å². The Morgan fingerprint density at radius 2 is 1.67 bits per heavy atom. The van der Waals surface area contributed by atoms with Crippen LogP contribution in [0.15, 0.2) is 66.7 Å². The van der Waals surface area contributed by atoms with E-state index in [2.05, 4.69) is 71.6 Å². The summed E-state index contributed by atoms with van der Waals surface area (Å²) in [6, 6.07) is 23.3. The van der Waals surface area contributed by atoms with E-state index in [4.69, 9.17) is 4.74 Å². The molecule has 0 saturated heterocycles. The average Bonchev–Trinajstić information content (AvgIpc) is 2.55. The summed E-state index contributed by atoms with van der Waals surface area (Å²) < 4.78 is 6.05. The van der Waals surface area contributed by atoms with Gasteiger partial charge in [0.05, 0.1) is 0 Å². The standard InChI is InChI=1S/C19H17NO/c1-2-6-15(7-3-1)12-20-13-17-11-10-16-8-4-5-9-18(16)19(17)21-14-20/h1-11H,12-14H2. The SMILES string of the molecule is c1ccc(CN2COc3c(ccc4ccccc34)C2)cc1. The summed E-state index contributed by atoms with van der Waals surface area (Å²) in [4.78, 5) is 2.33. The van der Waals surface area contributed by atoms with E-state index in [0.717, 1.165) is 18.8 Å². The van der Waals surface area contributed by atoms with E-state index in [1.54, 1.807) is 0 Å². The highest BCUT2D eigenvalue weighted by Crippen LogP contribution is 2.33. The minimum atomic E-state index is 0.649. The Morgan fingerprint density at radius 1 is 0.857 bits per heavy atom. The van der Waals surface area contributed by atoms with E-state index in [-0.39, 0.29) is 0 Å². The molecule has 0 amide bonds. The monoisotopic (exact) mass is 275 g/mol. The van der Waals surface area contributed by atoms with E-state index in [0.29, 0.717) is 6.73 Å². The smallest absolute Gasteiger partial charge is 0.142 e. The van der Waals surface area contributed by atoms with Crippen LogP contribution in [-0.2, 0) is 13.1 Å². The molecule has 1 heterocycles. The molecule has 4 rings (SSSR count). The number of nitrogens with zero attached hydrogens (tertiary/aromatic N) is 1. The van der Waals surface area contributed by atoms with Gasteiger partial charge < -0.3 is 4.74 Å². The molecule has 104 valence electrons. The third kappa shape index (κ3) is 2.39. The topological polar surface area (TPSA) is 12.5 Å². The molecule has 2 heteroatoms. The molecule has 0 unspecified atom stereocenters. The second-order valence-electron chi connectivity index (χ2n) is 5.52. The van der Waals surface area contributed by atoms with Crippen LogP contribution in [0.3, 0.4) is 0 Å². The van der Waals surface area contributed by atoms with Crippen LogP contribution < -0.4 is 4.74 Å². The molecule has 0 N–H and O–H groups in total. The molecule has 21 heavy (non-hydrogen) atoms. The molecule has 2 nitrogen and oxygen atoms in total. The zero-order chi connectivity index (χ0) is 14.1. The fourth-order valence-electron chi connectivity index (χ4n) is 2.97. The third-order valence-corrected chi connectivity index (χ3v) is 4.00. The zero-order valence-corrected chi connectivity index (χ0v) is 11.8. The highest BCUT2D eigenvalue weighted by molar-refractivity contribution is 5.89. The minimum absolute atomic E-state index is 0.649. The summed E-state index contributed by atoms with van der Waals surface area (Å²) in [5.74, 6) is 1.05. The molecule has 0 bridgehead atoms. The second kappa shape index (κ2) is 5.23. The van der Waals surface area contributed by atoms with Crippen molar-refractivity contribution in [1.82, 2.24) is 4.90 Å². The number of ether oxygens (including phenoxy) is 1. The Bertz CT molecular complexity index is 767. The van der Waals surface area contributed by atoms with Gasteiger partial charge in [-0.25, -0.2) is 0 Å². The van der Waals surface area contributed by atoms with Gasteiger partial charge in [0.1, 0.15) is 12.5 Å². The number of fused-ring (bicyclic) bond motifs is 3. The molecule has 0 atom stereocenters. The minimum Gasteiger partial charge on any atom is -0.477 e. The van der Waals surface area contributed by atoms with Crippen molar-refractivity contribution in [1.29, 1.82) is 0 Å². The van der Waals surface area contributed by atoms with Crippen molar-refractivity contribution < 1.29 is 4.74 Å². The summed E-state index contributed by atoms with van der Waals surface area (Å²) in [5, 5.41) is 2.46. The predicted molar refractivity (Wildman–Crippen MR) is 85.1 cm³/mol. The predicted octanol–water partition coefficient (Wildman–Crippen LogP) is 4.19. The number of benzene rings is 3. The van der Waals surface area contributed by atoms with Gasteiger partial charge in [-0.1, -0.05) is 66.7 Å². The van der Waals surface area contributed by atoms with Gasteiger partial charge in [-0.05, 0) is 10.9 Å². The molecule has 3 aromatic rings. The lowest BCUT2D eigenvalue weighted by atomic mass is 10.0. The van der Waals surface area contributed by atoms with Gasteiger partial charge >= 0.3 is 0 Å². The van der Waals surface area contributed by atoms with Crippen LogP contribution in [-0.4, -0.2) is 11.6 Å². The molecule has 0 saturated carbocycles. The molecular weight excluding hydrogens is 258 g/mol. The Labute approximate surface area is 124 Å². The summed E-state index contributed by atoms with van der Waals surface area (Å²) >= 11 is 0. The largest absolute Gasteiger partial charge is 0.477 e. The number of rotatable bonds is 2. The van der Waals surface area contributed by atoms with Crippen LogP contribution in [0.25, 0.3) is 10.8 Å². The molecule has 3 aromatic carbocycles. The molecule has 0 aliphatic carbocycles. The van der Waals surface area contributed by atoms with Crippen molar-refractivity contribution >= 4 is 10.8 Å². The maximum Gasteiger partial charge on any atom is 0.142 e. The molecule has 0 spiro atoms. The second-order valence-corrected chi connectivity index (χ2v) is 5.52. The summed E-state index contributed by atoms with van der Waals surface area (Å²) in [6.07, 6.45) is 0. The Hall–Kier alpha value is -2.32. The first-order valence-electron chi connectivity index (χ1n) is 7.30. The van der Waals surface area contributed by atoms with Crippen molar-refractivity contribution in [3.05, 3.63) is 77.9 Å². The van der Waals surface area contributed by atoms with E-state index < -0.39 is 0 Å². The number of hydrogen-bond acceptors (Lipinski definition) is 2. The Morgan fingerprint density at radius 3 is 2.57 bits per heavy atom. The van der Waals surface area contributed by atoms with Crippen LogP contribution in [0.1, 0.15) is 11.1 Å². The summed E-state index contributed by atoms with van der Waals surface area (Å²) in [5.41, 5.74) is 2.60.